The second kappa shape index (κ2) is 6.09. The Balaban J connectivity index is 2.41. The van der Waals surface area contributed by atoms with E-state index in [1.54, 1.807) is 17.0 Å². The molecule has 0 unspecified atom stereocenters. The fraction of sp³-hybridized carbons (Fsp3) is 0.357. The van der Waals surface area contributed by atoms with E-state index in [1.807, 2.05) is 0 Å². The van der Waals surface area contributed by atoms with Crippen molar-refractivity contribution in [1.82, 2.24) is 0 Å². The molecule has 2 rings (SSSR count). The van der Waals surface area contributed by atoms with Crippen LogP contribution in [0.1, 0.15) is 18.4 Å². The van der Waals surface area contributed by atoms with Crippen LogP contribution in [0.5, 0.6) is 0 Å². The van der Waals surface area contributed by atoms with Crippen molar-refractivity contribution in [2.75, 3.05) is 17.2 Å². The summed E-state index contributed by atoms with van der Waals surface area (Å²) in [4.78, 5) is 24.3. The summed E-state index contributed by atoms with van der Waals surface area (Å²) in [5.74, 6) is 0.534. The molecule has 1 amide bonds. The van der Waals surface area contributed by atoms with Crippen LogP contribution >= 0.6 is 12.6 Å². The van der Waals surface area contributed by atoms with E-state index in [2.05, 4.69) is 19.2 Å². The molecule has 5 nitrogen and oxygen atoms in total. The van der Waals surface area contributed by atoms with E-state index in [1.165, 1.54) is 6.07 Å². The van der Waals surface area contributed by atoms with E-state index in [0.717, 1.165) is 16.8 Å². The summed E-state index contributed by atoms with van der Waals surface area (Å²) in [6, 6.07) is 4.65. The zero-order valence-corrected chi connectivity index (χ0v) is 11.9. The highest BCUT2D eigenvalue weighted by Crippen LogP contribution is 2.30. The van der Waals surface area contributed by atoms with Crippen molar-refractivity contribution < 1.29 is 9.72 Å². The fourth-order valence-corrected chi connectivity index (χ4v) is 2.40. The summed E-state index contributed by atoms with van der Waals surface area (Å²) in [6.45, 7) is 4.28. The van der Waals surface area contributed by atoms with Crippen molar-refractivity contribution in [3.05, 3.63) is 46.0 Å². The molecule has 20 heavy (non-hydrogen) atoms. The van der Waals surface area contributed by atoms with Gasteiger partial charge in [-0.2, -0.15) is 12.6 Å². The second-order valence-electron chi connectivity index (χ2n) is 4.81. The third-order valence-electron chi connectivity index (χ3n) is 3.31. The summed E-state index contributed by atoms with van der Waals surface area (Å²) in [7, 11) is 0. The first-order valence-corrected chi connectivity index (χ1v) is 7.01. The molecule has 1 aliphatic rings. The number of aryl methyl sites for hydroxylation is 1. The Bertz CT molecular complexity index is 572. The van der Waals surface area contributed by atoms with Crippen LogP contribution in [0.3, 0.4) is 0 Å². The summed E-state index contributed by atoms with van der Waals surface area (Å²) in [5.41, 5.74) is 2.50. The Kier molecular flexibility index (Phi) is 4.44. The normalized spacial score (nSPS) is 14.7. The van der Waals surface area contributed by atoms with Crippen LogP contribution in [0.25, 0.3) is 0 Å². The largest absolute Gasteiger partial charge is 0.308 e. The van der Waals surface area contributed by atoms with Crippen LogP contribution in [-0.2, 0) is 11.2 Å². The first kappa shape index (κ1) is 14.6. The molecule has 0 N–H and O–H groups in total. The van der Waals surface area contributed by atoms with Crippen LogP contribution < -0.4 is 4.90 Å². The minimum absolute atomic E-state index is 0.0283. The SMILES string of the molecule is C=C(CS)CN1C(=O)CCCc2cc([N+](=O)[O-])ccc21. The summed E-state index contributed by atoms with van der Waals surface area (Å²) in [6.07, 6.45) is 1.83. The predicted molar refractivity (Wildman–Crippen MR) is 81.4 cm³/mol. The second-order valence-corrected chi connectivity index (χ2v) is 5.13. The van der Waals surface area contributed by atoms with E-state index >= 15 is 0 Å². The Morgan fingerprint density at radius 1 is 1.45 bits per heavy atom. The highest BCUT2D eigenvalue weighted by Gasteiger charge is 2.24. The van der Waals surface area contributed by atoms with Gasteiger partial charge in [0.2, 0.25) is 5.91 Å². The van der Waals surface area contributed by atoms with Crippen LogP contribution in [0.2, 0.25) is 0 Å². The zero-order valence-electron chi connectivity index (χ0n) is 11.0. The minimum atomic E-state index is -0.413. The number of nitro groups is 1. The average molecular weight is 292 g/mol. The molecule has 1 heterocycles. The van der Waals surface area contributed by atoms with Crippen molar-refractivity contribution in [2.24, 2.45) is 0 Å². The number of amides is 1. The van der Waals surface area contributed by atoms with E-state index in [4.69, 9.17) is 0 Å². The molecular formula is C14H16N2O3S. The van der Waals surface area contributed by atoms with Gasteiger partial charge >= 0.3 is 0 Å². The number of anilines is 1. The van der Waals surface area contributed by atoms with Gasteiger partial charge in [0.05, 0.1) is 4.92 Å². The lowest BCUT2D eigenvalue weighted by atomic mass is 10.1. The highest BCUT2D eigenvalue weighted by molar-refractivity contribution is 7.80. The van der Waals surface area contributed by atoms with E-state index in [9.17, 15) is 14.9 Å². The van der Waals surface area contributed by atoms with Gasteiger partial charge in [-0.1, -0.05) is 6.58 Å². The van der Waals surface area contributed by atoms with Gasteiger partial charge in [-0.15, -0.1) is 0 Å². The van der Waals surface area contributed by atoms with Gasteiger partial charge in [-0.25, -0.2) is 0 Å². The zero-order chi connectivity index (χ0) is 14.7. The number of carbonyl (C=O) groups is 1. The molecule has 1 aliphatic heterocycles. The lowest BCUT2D eigenvalue weighted by Crippen LogP contribution is -2.32. The number of non-ortho nitro benzene ring substituents is 1. The maximum Gasteiger partial charge on any atom is 0.269 e. The van der Waals surface area contributed by atoms with Crippen LogP contribution in [0, 0.1) is 10.1 Å². The third kappa shape index (κ3) is 3.01. The first-order valence-electron chi connectivity index (χ1n) is 6.38. The number of carbonyl (C=O) groups excluding carboxylic acids is 1. The fourth-order valence-electron chi connectivity index (χ4n) is 2.30. The molecule has 0 atom stereocenters. The van der Waals surface area contributed by atoms with Crippen molar-refractivity contribution >= 4 is 29.9 Å². The van der Waals surface area contributed by atoms with E-state index in [0.29, 0.717) is 31.6 Å². The molecule has 0 bridgehead atoms. The van der Waals surface area contributed by atoms with Gasteiger partial charge in [0.25, 0.3) is 5.69 Å². The number of hydrogen-bond donors (Lipinski definition) is 1. The van der Waals surface area contributed by atoms with Crippen molar-refractivity contribution in [1.29, 1.82) is 0 Å². The molecule has 0 saturated carbocycles. The Labute approximate surface area is 122 Å². The standard InChI is InChI=1S/C14H16N2O3S/c1-10(9-20)8-15-13-6-5-12(16(18)19)7-11(13)3-2-4-14(15)17/h5-7,20H,1-4,8-9H2. The Hall–Kier alpha value is -1.82. The maximum atomic E-state index is 12.2. The molecule has 0 saturated heterocycles. The number of rotatable bonds is 4. The minimum Gasteiger partial charge on any atom is -0.308 e. The molecule has 6 heteroatoms. The van der Waals surface area contributed by atoms with Gasteiger partial charge in [-0.3, -0.25) is 14.9 Å². The molecule has 0 radical (unpaired) electrons. The maximum absolute atomic E-state index is 12.2. The smallest absolute Gasteiger partial charge is 0.269 e. The predicted octanol–water partition coefficient (Wildman–Crippen LogP) is 2.75. The van der Waals surface area contributed by atoms with Crippen molar-refractivity contribution in [3.8, 4) is 0 Å². The third-order valence-corrected chi connectivity index (χ3v) is 3.76. The number of nitro benzene ring substituents is 1. The molecule has 0 aromatic heterocycles. The van der Waals surface area contributed by atoms with Crippen LogP contribution in [-0.4, -0.2) is 23.1 Å². The van der Waals surface area contributed by atoms with Gasteiger partial charge in [0, 0.05) is 36.5 Å². The quantitative estimate of drug-likeness (QED) is 0.402. The Morgan fingerprint density at radius 3 is 2.85 bits per heavy atom. The van der Waals surface area contributed by atoms with E-state index < -0.39 is 4.92 Å². The lowest BCUT2D eigenvalue weighted by molar-refractivity contribution is -0.384. The molecule has 1 aromatic carbocycles. The monoisotopic (exact) mass is 292 g/mol. The Morgan fingerprint density at radius 2 is 2.20 bits per heavy atom. The summed E-state index contributed by atoms with van der Waals surface area (Å²) >= 11 is 4.16. The molecule has 0 spiro atoms. The van der Waals surface area contributed by atoms with Crippen molar-refractivity contribution in [2.45, 2.75) is 19.3 Å². The summed E-state index contributed by atoms with van der Waals surface area (Å²) < 4.78 is 0. The average Bonchev–Trinajstić information content (AvgIpc) is 2.58. The molecule has 0 fully saturated rings. The van der Waals surface area contributed by atoms with Crippen molar-refractivity contribution in [3.63, 3.8) is 0 Å². The lowest BCUT2D eigenvalue weighted by Gasteiger charge is -2.23. The van der Waals surface area contributed by atoms with Gasteiger partial charge in [-0.05, 0) is 30.0 Å². The number of nitrogens with zero attached hydrogens (tertiary/aromatic N) is 2. The number of hydrogen-bond acceptors (Lipinski definition) is 4. The topological polar surface area (TPSA) is 63.5 Å². The molecular weight excluding hydrogens is 276 g/mol. The first-order chi connectivity index (χ1) is 9.52. The molecule has 106 valence electrons. The summed E-state index contributed by atoms with van der Waals surface area (Å²) in [5, 5.41) is 10.8. The van der Waals surface area contributed by atoms with Gasteiger partial charge in [0.15, 0.2) is 0 Å². The highest BCUT2D eigenvalue weighted by atomic mass is 32.1. The number of thiol groups is 1. The van der Waals surface area contributed by atoms with Crippen LogP contribution in [0.15, 0.2) is 30.4 Å². The number of fused-ring (bicyclic) bond motifs is 1. The number of benzene rings is 1. The molecule has 1 aromatic rings. The molecule has 0 aliphatic carbocycles. The van der Waals surface area contributed by atoms with Gasteiger partial charge < -0.3 is 4.90 Å². The van der Waals surface area contributed by atoms with Crippen LogP contribution in [0.4, 0.5) is 11.4 Å². The van der Waals surface area contributed by atoms with E-state index in [-0.39, 0.29) is 11.6 Å². The van der Waals surface area contributed by atoms with Gasteiger partial charge in [0.1, 0.15) is 0 Å².